The van der Waals surface area contributed by atoms with E-state index >= 15 is 0 Å². The van der Waals surface area contributed by atoms with Crippen LogP contribution in [-0.4, -0.2) is 19.6 Å². The Morgan fingerprint density at radius 1 is 1.12 bits per heavy atom. The summed E-state index contributed by atoms with van der Waals surface area (Å²) in [5.74, 6) is 1.50. The monoisotopic (exact) mass is 338 g/mol. The Bertz CT molecular complexity index is 1080. The van der Waals surface area contributed by atoms with Gasteiger partial charge in [0.05, 0.1) is 6.20 Å². The van der Waals surface area contributed by atoms with Crippen molar-refractivity contribution in [1.29, 1.82) is 0 Å². The first-order valence-electron chi connectivity index (χ1n) is 7.62. The molecule has 3 aromatic heterocycles. The van der Waals surface area contributed by atoms with Crippen molar-refractivity contribution in [2.75, 3.05) is 11.5 Å². The minimum absolute atomic E-state index is 0.102. The second-order valence-electron chi connectivity index (χ2n) is 5.74. The molecule has 0 unspecified atom stereocenters. The summed E-state index contributed by atoms with van der Waals surface area (Å²) in [4.78, 5) is 8.49. The SMILES string of the molecule is Cc1ccc(-c2nc(N)nc3c(Cc4cc(F)ccc4N)cnn23)o1. The highest BCUT2D eigenvalue weighted by atomic mass is 19.1. The number of aryl methyl sites for hydroxylation is 1. The summed E-state index contributed by atoms with van der Waals surface area (Å²) in [5, 5.41) is 4.34. The average molecular weight is 338 g/mol. The lowest BCUT2D eigenvalue weighted by molar-refractivity contribution is 0.541. The van der Waals surface area contributed by atoms with Gasteiger partial charge < -0.3 is 15.9 Å². The standard InChI is InChI=1S/C17H15FN6O/c1-9-2-5-14(25-9)16-23-17(20)22-15-11(8-21-24(15)16)6-10-7-12(18)3-4-13(10)19/h2-5,7-8H,6,19H2,1H3,(H2,20,22). The van der Waals surface area contributed by atoms with Crippen LogP contribution >= 0.6 is 0 Å². The number of hydrogen-bond acceptors (Lipinski definition) is 6. The molecule has 0 saturated carbocycles. The van der Waals surface area contributed by atoms with Gasteiger partial charge in [-0.05, 0) is 42.8 Å². The van der Waals surface area contributed by atoms with E-state index in [-0.39, 0.29) is 11.8 Å². The van der Waals surface area contributed by atoms with E-state index in [0.717, 1.165) is 11.3 Å². The third-order valence-corrected chi connectivity index (χ3v) is 3.91. The van der Waals surface area contributed by atoms with Crippen molar-refractivity contribution in [1.82, 2.24) is 19.6 Å². The van der Waals surface area contributed by atoms with Crippen LogP contribution in [0, 0.1) is 12.7 Å². The van der Waals surface area contributed by atoms with Gasteiger partial charge in [-0.2, -0.15) is 19.6 Å². The Balaban J connectivity index is 1.84. The largest absolute Gasteiger partial charge is 0.458 e. The molecule has 4 N–H and O–H groups in total. The number of halogens is 1. The van der Waals surface area contributed by atoms with E-state index in [1.807, 2.05) is 13.0 Å². The fourth-order valence-corrected chi connectivity index (χ4v) is 2.71. The molecule has 0 aliphatic heterocycles. The van der Waals surface area contributed by atoms with E-state index < -0.39 is 0 Å². The third-order valence-electron chi connectivity index (χ3n) is 3.91. The fraction of sp³-hybridized carbons (Fsp3) is 0.118. The van der Waals surface area contributed by atoms with Crippen LogP contribution in [0.15, 0.2) is 40.9 Å². The average Bonchev–Trinajstić information content (AvgIpc) is 3.17. The topological polar surface area (TPSA) is 108 Å². The predicted molar refractivity (Wildman–Crippen MR) is 91.3 cm³/mol. The maximum atomic E-state index is 13.5. The molecule has 8 heteroatoms. The van der Waals surface area contributed by atoms with Crippen molar-refractivity contribution in [3.05, 3.63) is 59.2 Å². The van der Waals surface area contributed by atoms with Crippen molar-refractivity contribution in [3.8, 4) is 11.6 Å². The lowest BCUT2D eigenvalue weighted by Gasteiger charge is -2.06. The van der Waals surface area contributed by atoms with Crippen molar-refractivity contribution in [2.45, 2.75) is 13.3 Å². The second-order valence-corrected chi connectivity index (χ2v) is 5.74. The fourth-order valence-electron chi connectivity index (χ4n) is 2.71. The number of hydrogen-bond donors (Lipinski definition) is 2. The summed E-state index contributed by atoms with van der Waals surface area (Å²) in [6, 6.07) is 7.89. The molecular weight excluding hydrogens is 323 g/mol. The van der Waals surface area contributed by atoms with Crippen LogP contribution in [0.4, 0.5) is 16.0 Å². The maximum Gasteiger partial charge on any atom is 0.224 e. The van der Waals surface area contributed by atoms with Gasteiger partial charge in [0.2, 0.25) is 11.8 Å². The van der Waals surface area contributed by atoms with Gasteiger partial charge in [-0.15, -0.1) is 0 Å². The number of nitrogen functional groups attached to an aromatic ring is 2. The van der Waals surface area contributed by atoms with Crippen LogP contribution in [0.1, 0.15) is 16.9 Å². The van der Waals surface area contributed by atoms with E-state index in [2.05, 4.69) is 15.1 Å². The molecule has 3 heterocycles. The number of aromatic nitrogens is 4. The summed E-state index contributed by atoms with van der Waals surface area (Å²) >= 11 is 0. The number of benzene rings is 1. The number of nitrogens with zero attached hydrogens (tertiary/aromatic N) is 4. The van der Waals surface area contributed by atoms with Gasteiger partial charge >= 0.3 is 0 Å². The molecule has 126 valence electrons. The zero-order chi connectivity index (χ0) is 17.6. The number of fused-ring (bicyclic) bond motifs is 1. The van der Waals surface area contributed by atoms with Crippen LogP contribution in [0.25, 0.3) is 17.2 Å². The Labute approximate surface area is 142 Å². The van der Waals surface area contributed by atoms with Crippen LogP contribution < -0.4 is 11.5 Å². The highest BCUT2D eigenvalue weighted by Gasteiger charge is 2.16. The molecule has 25 heavy (non-hydrogen) atoms. The van der Waals surface area contributed by atoms with E-state index in [4.69, 9.17) is 15.9 Å². The van der Waals surface area contributed by atoms with Crippen molar-refractivity contribution in [3.63, 3.8) is 0 Å². The van der Waals surface area contributed by atoms with Gasteiger partial charge in [0.25, 0.3) is 0 Å². The molecule has 0 amide bonds. The molecule has 0 radical (unpaired) electrons. The molecule has 0 aliphatic carbocycles. The van der Waals surface area contributed by atoms with Gasteiger partial charge in [0, 0.05) is 17.7 Å². The first-order chi connectivity index (χ1) is 12.0. The molecule has 0 aliphatic rings. The lowest BCUT2D eigenvalue weighted by atomic mass is 10.1. The first-order valence-corrected chi connectivity index (χ1v) is 7.62. The van der Waals surface area contributed by atoms with Crippen molar-refractivity contribution >= 4 is 17.3 Å². The molecule has 7 nitrogen and oxygen atoms in total. The normalized spacial score (nSPS) is 11.3. The molecule has 4 aromatic rings. The quantitative estimate of drug-likeness (QED) is 0.556. The molecule has 0 saturated heterocycles. The zero-order valence-corrected chi connectivity index (χ0v) is 13.4. The van der Waals surface area contributed by atoms with Crippen molar-refractivity contribution < 1.29 is 8.81 Å². The molecule has 0 spiro atoms. The molecule has 0 fully saturated rings. The Hall–Kier alpha value is -3.42. The minimum Gasteiger partial charge on any atom is -0.458 e. The van der Waals surface area contributed by atoms with Gasteiger partial charge in [0.15, 0.2) is 11.4 Å². The van der Waals surface area contributed by atoms with Crippen LogP contribution in [0.3, 0.4) is 0 Å². The van der Waals surface area contributed by atoms with Crippen LogP contribution in [-0.2, 0) is 6.42 Å². The highest BCUT2D eigenvalue weighted by Crippen LogP contribution is 2.25. The van der Waals surface area contributed by atoms with Crippen LogP contribution in [0.5, 0.6) is 0 Å². The smallest absolute Gasteiger partial charge is 0.224 e. The number of anilines is 2. The Morgan fingerprint density at radius 2 is 1.96 bits per heavy atom. The summed E-state index contributed by atoms with van der Waals surface area (Å²) < 4.78 is 20.7. The first kappa shape index (κ1) is 15.1. The van der Waals surface area contributed by atoms with Gasteiger partial charge in [0.1, 0.15) is 11.6 Å². The lowest BCUT2D eigenvalue weighted by Crippen LogP contribution is -2.05. The summed E-state index contributed by atoms with van der Waals surface area (Å²) in [7, 11) is 0. The van der Waals surface area contributed by atoms with Crippen LogP contribution in [0.2, 0.25) is 0 Å². The molecule has 1 aromatic carbocycles. The molecule has 4 rings (SSSR count). The number of rotatable bonds is 3. The Kier molecular flexibility index (Phi) is 3.38. The van der Waals surface area contributed by atoms with E-state index in [9.17, 15) is 4.39 Å². The van der Waals surface area contributed by atoms with Gasteiger partial charge in [-0.1, -0.05) is 0 Å². The zero-order valence-electron chi connectivity index (χ0n) is 13.4. The van der Waals surface area contributed by atoms with Gasteiger partial charge in [-0.25, -0.2) is 4.39 Å². The number of nitrogens with two attached hydrogens (primary N) is 2. The predicted octanol–water partition coefficient (Wildman–Crippen LogP) is 2.59. The van der Waals surface area contributed by atoms with E-state index in [1.165, 1.54) is 18.2 Å². The van der Waals surface area contributed by atoms with Gasteiger partial charge in [-0.3, -0.25) is 0 Å². The van der Waals surface area contributed by atoms with Crippen molar-refractivity contribution in [2.24, 2.45) is 0 Å². The summed E-state index contributed by atoms with van der Waals surface area (Å²) in [6.07, 6.45) is 2.02. The van der Waals surface area contributed by atoms with E-state index in [0.29, 0.717) is 34.9 Å². The minimum atomic E-state index is -0.346. The molecule has 0 bridgehead atoms. The van der Waals surface area contributed by atoms with E-state index in [1.54, 1.807) is 16.8 Å². The summed E-state index contributed by atoms with van der Waals surface area (Å²) in [6.45, 7) is 1.84. The third kappa shape index (κ3) is 2.67. The Morgan fingerprint density at radius 3 is 2.72 bits per heavy atom. The summed E-state index contributed by atoms with van der Waals surface area (Å²) in [5.41, 5.74) is 14.2. The highest BCUT2D eigenvalue weighted by molar-refractivity contribution is 5.60. The maximum absolute atomic E-state index is 13.5. The molecule has 0 atom stereocenters. The number of furan rings is 1. The molecular formula is C17H15FN6O. The second kappa shape index (κ2) is 5.59.